The summed E-state index contributed by atoms with van der Waals surface area (Å²) < 4.78 is 11.0. The molecule has 0 fully saturated rings. The number of hydrogen-bond acceptors (Lipinski definition) is 2. The molecule has 3 aromatic carbocycles. The summed E-state index contributed by atoms with van der Waals surface area (Å²) in [5, 5.41) is 6.19. The fourth-order valence-electron chi connectivity index (χ4n) is 2.55. The fraction of sp³-hybridized carbons (Fsp3) is 0.125. The summed E-state index contributed by atoms with van der Waals surface area (Å²) in [7, 11) is 1.66. The van der Waals surface area contributed by atoms with Crippen LogP contribution in [-0.2, 0) is 8.85 Å². The van der Waals surface area contributed by atoms with E-state index >= 15 is 0 Å². The molecule has 0 bridgehead atoms. The van der Waals surface area contributed by atoms with Gasteiger partial charge in [0.15, 0.2) is 0 Å². The van der Waals surface area contributed by atoms with Gasteiger partial charge >= 0.3 is 9.28 Å². The van der Waals surface area contributed by atoms with Crippen LogP contribution in [0.25, 0.3) is 21.5 Å². The molecule has 3 heteroatoms. The second-order valence-electron chi connectivity index (χ2n) is 4.57. The highest BCUT2D eigenvalue weighted by Gasteiger charge is 2.16. The van der Waals surface area contributed by atoms with Crippen LogP contribution in [-0.4, -0.2) is 23.5 Å². The van der Waals surface area contributed by atoms with Crippen molar-refractivity contribution in [3.8, 4) is 0 Å². The van der Waals surface area contributed by atoms with Crippen molar-refractivity contribution in [2.75, 3.05) is 14.2 Å². The Morgan fingerprint density at radius 3 is 2.05 bits per heavy atom. The van der Waals surface area contributed by atoms with Gasteiger partial charge in [-0.1, -0.05) is 42.5 Å². The highest BCUT2D eigenvalue weighted by atomic mass is 28.3. The van der Waals surface area contributed by atoms with Crippen LogP contribution in [0.15, 0.2) is 54.6 Å². The second-order valence-corrected chi connectivity index (χ2v) is 6.80. The molecule has 0 amide bonds. The summed E-state index contributed by atoms with van der Waals surface area (Å²) in [5.74, 6) is 0. The molecule has 0 saturated carbocycles. The molecule has 2 nitrogen and oxygen atoms in total. The maximum absolute atomic E-state index is 5.52. The van der Waals surface area contributed by atoms with Crippen LogP contribution in [0.2, 0.25) is 0 Å². The zero-order valence-corrected chi connectivity index (χ0v) is 12.2. The molecule has 96 valence electrons. The third-order valence-corrected chi connectivity index (χ3v) is 5.33. The SMILES string of the molecule is CO[SiH](OC)c1cccc2cc3ccccc3cc12. The van der Waals surface area contributed by atoms with Crippen molar-refractivity contribution in [1.82, 2.24) is 0 Å². The van der Waals surface area contributed by atoms with Gasteiger partial charge in [0.1, 0.15) is 0 Å². The smallest absolute Gasteiger partial charge is 0.355 e. The number of fused-ring (bicyclic) bond motifs is 2. The molecule has 0 aliphatic rings. The zero-order valence-electron chi connectivity index (χ0n) is 11.1. The lowest BCUT2D eigenvalue weighted by atomic mass is 10.0. The third-order valence-electron chi connectivity index (χ3n) is 3.46. The van der Waals surface area contributed by atoms with Gasteiger partial charge in [0.05, 0.1) is 0 Å². The van der Waals surface area contributed by atoms with Crippen molar-refractivity contribution in [1.29, 1.82) is 0 Å². The van der Waals surface area contributed by atoms with Crippen LogP contribution in [0.3, 0.4) is 0 Å². The van der Waals surface area contributed by atoms with Crippen LogP contribution in [0.4, 0.5) is 0 Å². The Kier molecular flexibility index (Phi) is 3.34. The Hall–Kier alpha value is -1.68. The van der Waals surface area contributed by atoms with Gasteiger partial charge in [-0.2, -0.15) is 0 Å². The molecule has 3 aromatic rings. The van der Waals surface area contributed by atoms with Crippen molar-refractivity contribution < 1.29 is 8.85 Å². The highest BCUT2D eigenvalue weighted by molar-refractivity contribution is 6.64. The predicted octanol–water partition coefficient (Wildman–Crippen LogP) is 2.71. The molecule has 0 atom stereocenters. The van der Waals surface area contributed by atoms with Gasteiger partial charge < -0.3 is 8.85 Å². The lowest BCUT2D eigenvalue weighted by molar-refractivity contribution is 0.292. The summed E-state index contributed by atoms with van der Waals surface area (Å²) >= 11 is 0. The third kappa shape index (κ3) is 2.16. The largest absolute Gasteiger partial charge is 0.397 e. The van der Waals surface area contributed by atoms with Gasteiger partial charge in [-0.15, -0.1) is 0 Å². The summed E-state index contributed by atoms with van der Waals surface area (Å²) in [6.07, 6.45) is 0. The first-order valence-electron chi connectivity index (χ1n) is 6.30. The van der Waals surface area contributed by atoms with Crippen LogP contribution >= 0.6 is 0 Å². The normalized spacial score (nSPS) is 11.5. The number of rotatable bonds is 3. The van der Waals surface area contributed by atoms with Gasteiger partial charge in [0.25, 0.3) is 0 Å². The molecule has 0 aliphatic heterocycles. The van der Waals surface area contributed by atoms with Crippen LogP contribution in [0, 0.1) is 0 Å². The maximum atomic E-state index is 5.52. The van der Waals surface area contributed by atoms with Crippen molar-refractivity contribution in [3.05, 3.63) is 54.6 Å². The van der Waals surface area contributed by atoms with Crippen LogP contribution in [0.1, 0.15) is 0 Å². The van der Waals surface area contributed by atoms with E-state index in [1.165, 1.54) is 26.7 Å². The molecular weight excluding hydrogens is 252 g/mol. The zero-order chi connectivity index (χ0) is 13.2. The lowest BCUT2D eigenvalue weighted by Gasteiger charge is -2.14. The van der Waals surface area contributed by atoms with E-state index in [9.17, 15) is 0 Å². The van der Waals surface area contributed by atoms with E-state index in [-0.39, 0.29) is 0 Å². The molecule has 3 rings (SSSR count). The minimum atomic E-state index is -1.78. The van der Waals surface area contributed by atoms with Crippen LogP contribution in [0.5, 0.6) is 0 Å². The van der Waals surface area contributed by atoms with E-state index in [1.807, 2.05) is 0 Å². The van der Waals surface area contributed by atoms with Crippen molar-refractivity contribution >= 4 is 36.0 Å². The Balaban J connectivity index is 2.31. The average molecular weight is 268 g/mol. The van der Waals surface area contributed by atoms with Crippen molar-refractivity contribution in [3.63, 3.8) is 0 Å². The van der Waals surface area contributed by atoms with Crippen LogP contribution < -0.4 is 5.19 Å². The standard InChI is InChI=1S/C16H16O2Si/c1-17-19(18-2)16-9-5-8-14-10-12-6-3-4-7-13(12)11-15(14)16/h3-11,19H,1-2H3. The molecule has 0 spiro atoms. The minimum Gasteiger partial charge on any atom is -0.397 e. The first-order valence-corrected chi connectivity index (χ1v) is 7.82. The van der Waals surface area contributed by atoms with Gasteiger partial charge in [-0.25, -0.2) is 0 Å². The van der Waals surface area contributed by atoms with Gasteiger partial charge in [0, 0.05) is 14.2 Å². The predicted molar refractivity (Wildman–Crippen MR) is 82.3 cm³/mol. The molecule has 0 heterocycles. The Morgan fingerprint density at radius 2 is 1.37 bits per heavy atom. The Bertz CT molecular complexity index is 720. The summed E-state index contributed by atoms with van der Waals surface area (Å²) in [4.78, 5) is 0. The van der Waals surface area contributed by atoms with Gasteiger partial charge in [-0.05, 0) is 38.9 Å². The van der Waals surface area contributed by atoms with Crippen molar-refractivity contribution in [2.24, 2.45) is 0 Å². The summed E-state index contributed by atoms with van der Waals surface area (Å²) in [6.45, 7) is 0. The summed E-state index contributed by atoms with van der Waals surface area (Å²) in [5.41, 5.74) is 0. The Morgan fingerprint density at radius 1 is 0.737 bits per heavy atom. The van der Waals surface area contributed by atoms with Gasteiger partial charge in [-0.3, -0.25) is 0 Å². The van der Waals surface area contributed by atoms with E-state index in [4.69, 9.17) is 8.85 Å². The number of benzene rings is 3. The molecule has 19 heavy (non-hydrogen) atoms. The van der Waals surface area contributed by atoms with E-state index in [2.05, 4.69) is 54.6 Å². The molecule has 0 aromatic heterocycles. The quantitative estimate of drug-likeness (QED) is 0.537. The summed E-state index contributed by atoms with van der Waals surface area (Å²) in [6, 6.07) is 19.2. The van der Waals surface area contributed by atoms with Crippen molar-refractivity contribution in [2.45, 2.75) is 0 Å². The van der Waals surface area contributed by atoms with E-state index in [0.29, 0.717) is 0 Å². The maximum Gasteiger partial charge on any atom is 0.355 e. The molecule has 0 saturated heterocycles. The van der Waals surface area contributed by atoms with E-state index in [0.717, 1.165) is 0 Å². The molecular formula is C16H16O2Si. The fourth-order valence-corrected chi connectivity index (χ4v) is 4.02. The second kappa shape index (κ2) is 5.13. The first-order chi connectivity index (χ1) is 9.33. The minimum absolute atomic E-state index is 1.20. The van der Waals surface area contributed by atoms with Gasteiger partial charge in [0.2, 0.25) is 0 Å². The van der Waals surface area contributed by atoms with E-state index in [1.54, 1.807) is 14.2 Å². The molecule has 0 aliphatic carbocycles. The Labute approximate surface area is 114 Å². The monoisotopic (exact) mass is 268 g/mol. The first kappa shape index (κ1) is 12.4. The number of hydrogen-bond donors (Lipinski definition) is 0. The topological polar surface area (TPSA) is 18.5 Å². The van der Waals surface area contributed by atoms with E-state index < -0.39 is 9.28 Å². The molecule has 0 unspecified atom stereocenters. The average Bonchev–Trinajstić information content (AvgIpc) is 2.46. The molecule has 0 radical (unpaired) electrons. The molecule has 0 N–H and O–H groups in total. The highest BCUT2D eigenvalue weighted by Crippen LogP contribution is 2.21. The lowest BCUT2D eigenvalue weighted by Crippen LogP contribution is -2.35.